The van der Waals surface area contributed by atoms with Crippen molar-refractivity contribution in [3.05, 3.63) is 41.1 Å². The number of aryl methyl sites for hydroxylation is 2. The standard InChI is InChI=1S/C15H19N3/c1-9(2)13-8-14(18-15(16)17-13)12-6-5-10(3)7-11(12)4/h5-9H,1-4H3,(H2,16,17,18). The fraction of sp³-hybridized carbons (Fsp3) is 0.333. The predicted molar refractivity (Wildman–Crippen MR) is 75.4 cm³/mol. The highest BCUT2D eigenvalue weighted by atomic mass is 15.0. The maximum absolute atomic E-state index is 5.79. The summed E-state index contributed by atoms with van der Waals surface area (Å²) in [5.74, 6) is 0.691. The van der Waals surface area contributed by atoms with Crippen LogP contribution in [-0.2, 0) is 0 Å². The summed E-state index contributed by atoms with van der Waals surface area (Å²) in [6, 6.07) is 8.37. The summed E-state index contributed by atoms with van der Waals surface area (Å²) in [6.45, 7) is 8.39. The van der Waals surface area contributed by atoms with E-state index in [-0.39, 0.29) is 0 Å². The van der Waals surface area contributed by atoms with Crippen LogP contribution in [0.2, 0.25) is 0 Å². The summed E-state index contributed by atoms with van der Waals surface area (Å²) < 4.78 is 0. The summed E-state index contributed by atoms with van der Waals surface area (Å²) in [4.78, 5) is 8.62. The first-order valence-corrected chi connectivity index (χ1v) is 6.19. The average molecular weight is 241 g/mol. The molecule has 3 nitrogen and oxygen atoms in total. The van der Waals surface area contributed by atoms with Crippen LogP contribution in [-0.4, -0.2) is 9.97 Å². The van der Waals surface area contributed by atoms with Gasteiger partial charge in [0.15, 0.2) is 0 Å². The van der Waals surface area contributed by atoms with Crippen LogP contribution < -0.4 is 5.73 Å². The number of aromatic nitrogens is 2. The molecule has 1 aromatic heterocycles. The molecule has 0 radical (unpaired) electrons. The molecule has 0 atom stereocenters. The van der Waals surface area contributed by atoms with Crippen molar-refractivity contribution < 1.29 is 0 Å². The highest BCUT2D eigenvalue weighted by molar-refractivity contribution is 5.65. The zero-order valence-electron chi connectivity index (χ0n) is 11.4. The van der Waals surface area contributed by atoms with Crippen molar-refractivity contribution in [1.82, 2.24) is 9.97 Å². The first-order chi connectivity index (χ1) is 8.47. The molecule has 2 rings (SSSR count). The van der Waals surface area contributed by atoms with E-state index >= 15 is 0 Å². The Labute approximate surface area is 108 Å². The van der Waals surface area contributed by atoms with Crippen molar-refractivity contribution in [2.45, 2.75) is 33.6 Å². The number of anilines is 1. The predicted octanol–water partition coefficient (Wildman–Crippen LogP) is 3.47. The van der Waals surface area contributed by atoms with E-state index in [2.05, 4.69) is 55.9 Å². The molecule has 94 valence electrons. The fourth-order valence-electron chi connectivity index (χ4n) is 2.02. The molecule has 0 bridgehead atoms. The van der Waals surface area contributed by atoms with Crippen molar-refractivity contribution in [2.24, 2.45) is 0 Å². The molecule has 0 unspecified atom stereocenters. The zero-order valence-corrected chi connectivity index (χ0v) is 11.4. The lowest BCUT2D eigenvalue weighted by atomic mass is 10.0. The Morgan fingerprint density at radius 1 is 1.06 bits per heavy atom. The summed E-state index contributed by atoms with van der Waals surface area (Å²) in [5.41, 5.74) is 11.3. The van der Waals surface area contributed by atoms with Gasteiger partial charge in [0.25, 0.3) is 0 Å². The Morgan fingerprint density at radius 2 is 1.78 bits per heavy atom. The number of hydrogen-bond donors (Lipinski definition) is 1. The number of hydrogen-bond acceptors (Lipinski definition) is 3. The van der Waals surface area contributed by atoms with Crippen molar-refractivity contribution in [3.63, 3.8) is 0 Å². The third-order valence-electron chi connectivity index (χ3n) is 3.01. The molecule has 1 aromatic carbocycles. The Morgan fingerprint density at radius 3 is 2.39 bits per heavy atom. The van der Waals surface area contributed by atoms with Gasteiger partial charge in [-0.3, -0.25) is 0 Å². The lowest BCUT2D eigenvalue weighted by Crippen LogP contribution is -2.02. The van der Waals surface area contributed by atoms with Gasteiger partial charge < -0.3 is 5.73 Å². The van der Waals surface area contributed by atoms with Crippen LogP contribution >= 0.6 is 0 Å². The third-order valence-corrected chi connectivity index (χ3v) is 3.01. The maximum Gasteiger partial charge on any atom is 0.220 e. The van der Waals surface area contributed by atoms with Crippen LogP contribution in [0.15, 0.2) is 24.3 Å². The molecular formula is C15H19N3. The van der Waals surface area contributed by atoms with E-state index in [1.165, 1.54) is 11.1 Å². The smallest absolute Gasteiger partial charge is 0.220 e. The van der Waals surface area contributed by atoms with Crippen LogP contribution in [0, 0.1) is 13.8 Å². The number of benzene rings is 1. The quantitative estimate of drug-likeness (QED) is 0.876. The number of rotatable bonds is 2. The lowest BCUT2D eigenvalue weighted by molar-refractivity contribution is 0.819. The Kier molecular flexibility index (Phi) is 3.32. The van der Waals surface area contributed by atoms with Crippen molar-refractivity contribution >= 4 is 5.95 Å². The minimum atomic E-state index is 0.344. The lowest BCUT2D eigenvalue weighted by Gasteiger charge is -2.10. The van der Waals surface area contributed by atoms with E-state index in [4.69, 9.17) is 5.73 Å². The first kappa shape index (κ1) is 12.6. The fourth-order valence-corrected chi connectivity index (χ4v) is 2.02. The van der Waals surface area contributed by atoms with Gasteiger partial charge in [0.1, 0.15) is 0 Å². The number of nitrogens with two attached hydrogens (primary N) is 1. The highest BCUT2D eigenvalue weighted by Crippen LogP contribution is 2.25. The minimum Gasteiger partial charge on any atom is -0.368 e. The van der Waals surface area contributed by atoms with Gasteiger partial charge in [-0.25, -0.2) is 9.97 Å². The molecule has 0 aliphatic rings. The molecule has 0 spiro atoms. The van der Waals surface area contributed by atoms with Crippen molar-refractivity contribution in [2.75, 3.05) is 5.73 Å². The SMILES string of the molecule is Cc1ccc(-c2cc(C(C)C)nc(N)n2)c(C)c1. The topological polar surface area (TPSA) is 51.8 Å². The molecule has 0 aliphatic carbocycles. The summed E-state index contributed by atoms with van der Waals surface area (Å²) >= 11 is 0. The maximum atomic E-state index is 5.79. The monoisotopic (exact) mass is 241 g/mol. The highest BCUT2D eigenvalue weighted by Gasteiger charge is 2.09. The number of nitrogen functional groups attached to an aromatic ring is 1. The molecule has 0 aliphatic heterocycles. The van der Waals surface area contributed by atoms with Gasteiger partial charge in [-0.05, 0) is 31.4 Å². The molecule has 3 heteroatoms. The van der Waals surface area contributed by atoms with E-state index in [0.717, 1.165) is 17.0 Å². The van der Waals surface area contributed by atoms with E-state index < -0.39 is 0 Å². The van der Waals surface area contributed by atoms with Crippen LogP contribution in [0.5, 0.6) is 0 Å². The Bertz CT molecular complexity index is 574. The second kappa shape index (κ2) is 4.77. The molecule has 18 heavy (non-hydrogen) atoms. The molecular weight excluding hydrogens is 222 g/mol. The summed E-state index contributed by atoms with van der Waals surface area (Å²) in [7, 11) is 0. The van der Waals surface area contributed by atoms with Gasteiger partial charge in [0.2, 0.25) is 5.95 Å². The normalized spacial score (nSPS) is 10.9. The number of nitrogens with zero attached hydrogens (tertiary/aromatic N) is 2. The van der Waals surface area contributed by atoms with Gasteiger partial charge in [0.05, 0.1) is 5.69 Å². The van der Waals surface area contributed by atoms with Crippen LogP contribution in [0.3, 0.4) is 0 Å². The van der Waals surface area contributed by atoms with Gasteiger partial charge >= 0.3 is 0 Å². The third kappa shape index (κ3) is 2.50. The van der Waals surface area contributed by atoms with E-state index in [9.17, 15) is 0 Å². The van der Waals surface area contributed by atoms with Crippen LogP contribution in [0.1, 0.15) is 36.6 Å². The molecule has 0 fully saturated rings. The van der Waals surface area contributed by atoms with Gasteiger partial charge in [-0.2, -0.15) is 0 Å². The van der Waals surface area contributed by atoms with Gasteiger partial charge in [-0.1, -0.05) is 37.6 Å². The minimum absolute atomic E-state index is 0.344. The summed E-state index contributed by atoms with van der Waals surface area (Å²) in [5, 5.41) is 0. The zero-order chi connectivity index (χ0) is 13.3. The van der Waals surface area contributed by atoms with E-state index in [0.29, 0.717) is 11.9 Å². The molecule has 2 N–H and O–H groups in total. The van der Waals surface area contributed by atoms with Crippen molar-refractivity contribution in [1.29, 1.82) is 0 Å². The van der Waals surface area contributed by atoms with E-state index in [1.54, 1.807) is 0 Å². The second-order valence-corrected chi connectivity index (χ2v) is 5.01. The molecule has 1 heterocycles. The van der Waals surface area contributed by atoms with E-state index in [1.807, 2.05) is 6.07 Å². The van der Waals surface area contributed by atoms with Gasteiger partial charge in [-0.15, -0.1) is 0 Å². The molecule has 0 saturated carbocycles. The Balaban J connectivity index is 2.56. The second-order valence-electron chi connectivity index (χ2n) is 5.01. The molecule has 0 saturated heterocycles. The largest absolute Gasteiger partial charge is 0.368 e. The Hall–Kier alpha value is -1.90. The van der Waals surface area contributed by atoms with Crippen LogP contribution in [0.25, 0.3) is 11.3 Å². The van der Waals surface area contributed by atoms with Crippen LogP contribution in [0.4, 0.5) is 5.95 Å². The first-order valence-electron chi connectivity index (χ1n) is 6.19. The summed E-state index contributed by atoms with van der Waals surface area (Å²) in [6.07, 6.45) is 0. The van der Waals surface area contributed by atoms with Crippen molar-refractivity contribution in [3.8, 4) is 11.3 Å². The molecule has 0 amide bonds. The molecule has 2 aromatic rings. The van der Waals surface area contributed by atoms with Gasteiger partial charge in [0, 0.05) is 11.3 Å². The average Bonchev–Trinajstić information content (AvgIpc) is 2.27.